The fraction of sp³-hybridized carbons (Fsp3) is 0.450. The summed E-state index contributed by atoms with van der Waals surface area (Å²) in [5.74, 6) is 1.24. The van der Waals surface area contributed by atoms with Crippen LogP contribution in [0.25, 0.3) is 0 Å². The summed E-state index contributed by atoms with van der Waals surface area (Å²) in [6.45, 7) is 7.52. The average Bonchev–Trinajstić information content (AvgIpc) is 3.15. The van der Waals surface area contributed by atoms with Gasteiger partial charge in [-0.15, -0.1) is 0 Å². The molecule has 4 heteroatoms. The number of fused-ring (bicyclic) bond motifs is 1. The van der Waals surface area contributed by atoms with Gasteiger partial charge in [0.2, 0.25) is 5.91 Å². The van der Waals surface area contributed by atoms with Crippen LogP contribution in [0.1, 0.15) is 52.5 Å². The van der Waals surface area contributed by atoms with E-state index < -0.39 is 0 Å². The molecular formula is C20H23N3O. The lowest BCUT2D eigenvalue weighted by Gasteiger charge is -2.15. The minimum absolute atomic E-state index is 0.262. The Morgan fingerprint density at radius 2 is 2.04 bits per heavy atom. The molecule has 1 aliphatic carbocycles. The number of pyridine rings is 2. The number of aryl methyl sites for hydroxylation is 3. The average molecular weight is 321 g/mol. The lowest BCUT2D eigenvalue weighted by atomic mass is 10.1. The second-order valence-corrected chi connectivity index (χ2v) is 7.29. The molecule has 124 valence electrons. The molecule has 1 fully saturated rings. The van der Waals surface area contributed by atoms with E-state index in [9.17, 15) is 4.79 Å². The summed E-state index contributed by atoms with van der Waals surface area (Å²) in [5, 5.41) is 0. The molecule has 0 N–H and O–H groups in total. The molecule has 1 amide bonds. The highest BCUT2D eigenvalue weighted by atomic mass is 16.2. The van der Waals surface area contributed by atoms with Crippen LogP contribution in [0.15, 0.2) is 24.4 Å². The molecule has 0 saturated heterocycles. The smallest absolute Gasteiger partial charge is 0.223 e. The Kier molecular flexibility index (Phi) is 3.63. The van der Waals surface area contributed by atoms with E-state index in [-0.39, 0.29) is 5.91 Å². The molecule has 4 rings (SSSR count). The van der Waals surface area contributed by atoms with E-state index in [1.54, 1.807) is 0 Å². The van der Waals surface area contributed by atoms with Gasteiger partial charge in [0.25, 0.3) is 0 Å². The third-order valence-corrected chi connectivity index (χ3v) is 5.33. The molecule has 0 spiro atoms. The van der Waals surface area contributed by atoms with Crippen molar-refractivity contribution in [2.24, 2.45) is 5.92 Å². The topological polar surface area (TPSA) is 46.1 Å². The van der Waals surface area contributed by atoms with Crippen LogP contribution in [0.4, 0.5) is 0 Å². The van der Waals surface area contributed by atoms with Crippen LogP contribution in [0, 0.1) is 26.7 Å². The van der Waals surface area contributed by atoms with Gasteiger partial charge >= 0.3 is 0 Å². The van der Waals surface area contributed by atoms with E-state index >= 15 is 0 Å². The van der Waals surface area contributed by atoms with Crippen LogP contribution in [0.3, 0.4) is 0 Å². The van der Waals surface area contributed by atoms with Crippen molar-refractivity contribution in [1.82, 2.24) is 14.9 Å². The minimum Gasteiger partial charge on any atom is -0.332 e. The quantitative estimate of drug-likeness (QED) is 0.870. The lowest BCUT2D eigenvalue weighted by Crippen LogP contribution is -2.25. The van der Waals surface area contributed by atoms with Gasteiger partial charge in [0.05, 0.1) is 12.2 Å². The van der Waals surface area contributed by atoms with Gasteiger partial charge in [0, 0.05) is 30.6 Å². The van der Waals surface area contributed by atoms with E-state index in [0.717, 1.165) is 30.0 Å². The Morgan fingerprint density at radius 3 is 2.79 bits per heavy atom. The molecule has 4 nitrogen and oxygen atoms in total. The summed E-state index contributed by atoms with van der Waals surface area (Å²) >= 11 is 0. The maximum Gasteiger partial charge on any atom is 0.223 e. The molecule has 0 unspecified atom stereocenters. The van der Waals surface area contributed by atoms with Crippen LogP contribution in [0.5, 0.6) is 0 Å². The van der Waals surface area contributed by atoms with Gasteiger partial charge in [-0.05, 0) is 67.9 Å². The van der Waals surface area contributed by atoms with Crippen molar-refractivity contribution in [3.63, 3.8) is 0 Å². The standard InChI is InChI=1S/C20H23N3O/c1-12-6-14(3)22-19-11-23(10-18(12)19)20(24)8-16-7-17(16)15-5-4-13(2)21-9-15/h4-6,9,16-17H,7-8,10-11H2,1-3H3/t16-,17-/m1/s1. The van der Waals surface area contributed by atoms with Crippen LogP contribution in [0.2, 0.25) is 0 Å². The SMILES string of the molecule is Cc1ccc([C@H]2C[C@@H]2CC(=O)N2Cc3nc(C)cc(C)c3C2)cn1. The Labute approximate surface area is 142 Å². The number of rotatable bonds is 3. The van der Waals surface area contributed by atoms with Gasteiger partial charge in [-0.3, -0.25) is 14.8 Å². The van der Waals surface area contributed by atoms with E-state index in [0.29, 0.717) is 24.8 Å². The number of nitrogens with zero attached hydrogens (tertiary/aromatic N) is 3. The molecule has 0 aromatic carbocycles. The number of hydrogen-bond acceptors (Lipinski definition) is 3. The van der Waals surface area contributed by atoms with Crippen molar-refractivity contribution in [2.75, 3.05) is 0 Å². The predicted molar refractivity (Wildman–Crippen MR) is 92.4 cm³/mol. The van der Waals surface area contributed by atoms with E-state index in [1.165, 1.54) is 16.7 Å². The van der Waals surface area contributed by atoms with Crippen LogP contribution in [-0.2, 0) is 17.9 Å². The zero-order valence-electron chi connectivity index (χ0n) is 14.5. The molecule has 2 atom stereocenters. The third-order valence-electron chi connectivity index (χ3n) is 5.33. The molecule has 2 aliphatic rings. The number of aromatic nitrogens is 2. The fourth-order valence-electron chi connectivity index (χ4n) is 3.82. The minimum atomic E-state index is 0.262. The molecule has 1 aliphatic heterocycles. The predicted octanol–water partition coefficient (Wildman–Crippen LogP) is 3.44. The maximum atomic E-state index is 12.7. The van der Waals surface area contributed by atoms with Crippen molar-refractivity contribution in [2.45, 2.75) is 52.6 Å². The number of carbonyl (C=O) groups is 1. The van der Waals surface area contributed by atoms with Crippen LogP contribution < -0.4 is 0 Å². The molecular weight excluding hydrogens is 298 g/mol. The zero-order valence-corrected chi connectivity index (χ0v) is 14.5. The first kappa shape index (κ1) is 15.3. The van der Waals surface area contributed by atoms with Gasteiger partial charge in [-0.2, -0.15) is 0 Å². The monoisotopic (exact) mass is 321 g/mol. The summed E-state index contributed by atoms with van der Waals surface area (Å²) in [5.41, 5.74) is 6.92. The highest BCUT2D eigenvalue weighted by molar-refractivity contribution is 5.77. The summed E-state index contributed by atoms with van der Waals surface area (Å²) in [4.78, 5) is 23.6. The number of carbonyl (C=O) groups excluding carboxylic acids is 1. The Hall–Kier alpha value is -2.23. The van der Waals surface area contributed by atoms with Gasteiger partial charge in [-0.25, -0.2) is 0 Å². The molecule has 2 aromatic heterocycles. The molecule has 0 bridgehead atoms. The number of hydrogen-bond donors (Lipinski definition) is 0. The Bertz CT molecular complexity index is 797. The normalized spacial score (nSPS) is 21.7. The Balaban J connectivity index is 1.38. The molecule has 1 saturated carbocycles. The first-order chi connectivity index (χ1) is 11.5. The van der Waals surface area contributed by atoms with E-state index in [1.807, 2.05) is 24.9 Å². The first-order valence-corrected chi connectivity index (χ1v) is 8.67. The van der Waals surface area contributed by atoms with E-state index in [2.05, 4.69) is 35.1 Å². The van der Waals surface area contributed by atoms with Crippen molar-refractivity contribution < 1.29 is 4.79 Å². The van der Waals surface area contributed by atoms with Crippen LogP contribution in [-0.4, -0.2) is 20.8 Å². The summed E-state index contributed by atoms with van der Waals surface area (Å²) in [6.07, 6.45) is 3.71. The van der Waals surface area contributed by atoms with Crippen molar-refractivity contribution in [1.29, 1.82) is 0 Å². The second kappa shape index (κ2) is 5.69. The lowest BCUT2D eigenvalue weighted by molar-refractivity contribution is -0.132. The van der Waals surface area contributed by atoms with Crippen molar-refractivity contribution in [3.05, 3.63) is 58.2 Å². The maximum absolute atomic E-state index is 12.7. The number of amides is 1. The van der Waals surface area contributed by atoms with E-state index in [4.69, 9.17) is 0 Å². The largest absolute Gasteiger partial charge is 0.332 e. The Morgan fingerprint density at radius 1 is 1.21 bits per heavy atom. The third kappa shape index (κ3) is 2.81. The summed E-state index contributed by atoms with van der Waals surface area (Å²) < 4.78 is 0. The zero-order chi connectivity index (χ0) is 16.8. The van der Waals surface area contributed by atoms with Gasteiger partial charge in [0.15, 0.2) is 0 Å². The van der Waals surface area contributed by atoms with Gasteiger partial charge in [0.1, 0.15) is 0 Å². The molecule has 0 radical (unpaired) electrons. The van der Waals surface area contributed by atoms with Gasteiger partial charge in [-0.1, -0.05) is 6.07 Å². The highest BCUT2D eigenvalue weighted by Crippen LogP contribution is 2.49. The van der Waals surface area contributed by atoms with Crippen LogP contribution >= 0.6 is 0 Å². The second-order valence-electron chi connectivity index (χ2n) is 7.29. The molecule has 3 heterocycles. The summed E-state index contributed by atoms with van der Waals surface area (Å²) in [7, 11) is 0. The van der Waals surface area contributed by atoms with Gasteiger partial charge < -0.3 is 4.90 Å². The molecule has 2 aromatic rings. The van der Waals surface area contributed by atoms with Crippen molar-refractivity contribution >= 4 is 5.91 Å². The van der Waals surface area contributed by atoms with Crippen molar-refractivity contribution in [3.8, 4) is 0 Å². The highest BCUT2D eigenvalue weighted by Gasteiger charge is 2.41. The first-order valence-electron chi connectivity index (χ1n) is 8.67. The fourth-order valence-corrected chi connectivity index (χ4v) is 3.82. The molecule has 24 heavy (non-hydrogen) atoms. The summed E-state index contributed by atoms with van der Waals surface area (Å²) in [6, 6.07) is 6.31.